The highest BCUT2D eigenvalue weighted by Gasteiger charge is 2.37. The minimum absolute atomic E-state index is 0.0397. The van der Waals surface area contributed by atoms with Crippen LogP contribution in [0.4, 0.5) is 0 Å². The molecular formula is C12H17NO4S2. The smallest absolute Gasteiger partial charge is 0.211 e. The standard InChI is InChI=1S/C12H17NO4S2/c1-10-5-6-11(2)12(9-10)19(16,17)13-7-3-4-8-18(13,14)15/h5-6,9H,3-4,7-8H2,1-2H3. The molecule has 0 bridgehead atoms. The number of hydrogen-bond donors (Lipinski definition) is 0. The van der Waals surface area contributed by atoms with E-state index in [1.165, 1.54) is 6.07 Å². The third kappa shape index (κ3) is 2.68. The van der Waals surface area contributed by atoms with Crippen molar-refractivity contribution in [1.29, 1.82) is 0 Å². The van der Waals surface area contributed by atoms with Crippen LogP contribution in [0.25, 0.3) is 0 Å². The van der Waals surface area contributed by atoms with Crippen LogP contribution < -0.4 is 0 Å². The van der Waals surface area contributed by atoms with Gasteiger partial charge < -0.3 is 0 Å². The molecule has 1 saturated heterocycles. The van der Waals surface area contributed by atoms with E-state index < -0.39 is 20.0 Å². The van der Waals surface area contributed by atoms with Gasteiger partial charge in [-0.1, -0.05) is 15.8 Å². The molecule has 0 aromatic heterocycles. The lowest BCUT2D eigenvalue weighted by Crippen LogP contribution is -2.42. The third-order valence-corrected chi connectivity index (χ3v) is 7.79. The van der Waals surface area contributed by atoms with Crippen molar-refractivity contribution in [2.45, 2.75) is 31.6 Å². The van der Waals surface area contributed by atoms with Crippen LogP contribution in [0, 0.1) is 13.8 Å². The molecule has 1 aliphatic rings. The van der Waals surface area contributed by atoms with Crippen molar-refractivity contribution in [2.24, 2.45) is 0 Å². The Labute approximate surface area is 114 Å². The predicted octanol–water partition coefficient (Wildman–Crippen LogP) is 1.42. The second kappa shape index (κ2) is 4.88. The van der Waals surface area contributed by atoms with Gasteiger partial charge in [-0.3, -0.25) is 0 Å². The minimum atomic E-state index is -3.98. The molecule has 0 saturated carbocycles. The highest BCUT2D eigenvalue weighted by Crippen LogP contribution is 2.26. The fourth-order valence-corrected chi connectivity index (χ4v) is 6.37. The normalized spacial score (nSPS) is 20.3. The Morgan fingerprint density at radius 3 is 2.47 bits per heavy atom. The van der Waals surface area contributed by atoms with Gasteiger partial charge in [0, 0.05) is 6.54 Å². The van der Waals surface area contributed by atoms with Gasteiger partial charge in [0.1, 0.15) is 0 Å². The monoisotopic (exact) mass is 303 g/mol. The molecule has 106 valence electrons. The summed E-state index contributed by atoms with van der Waals surface area (Å²) in [7, 11) is -7.69. The van der Waals surface area contributed by atoms with E-state index in [9.17, 15) is 16.8 Å². The van der Waals surface area contributed by atoms with Crippen molar-refractivity contribution < 1.29 is 16.8 Å². The Bertz CT molecular complexity index is 692. The maximum Gasteiger partial charge on any atom is 0.256 e. The molecule has 1 heterocycles. The van der Waals surface area contributed by atoms with E-state index in [4.69, 9.17) is 0 Å². The summed E-state index contributed by atoms with van der Waals surface area (Å²) in [5.74, 6) is -0.100. The minimum Gasteiger partial charge on any atom is -0.211 e. The van der Waals surface area contributed by atoms with Crippen LogP contribution in [0.3, 0.4) is 0 Å². The lowest BCUT2D eigenvalue weighted by Gasteiger charge is -2.26. The van der Waals surface area contributed by atoms with Crippen LogP contribution >= 0.6 is 0 Å². The van der Waals surface area contributed by atoms with E-state index in [1.54, 1.807) is 26.0 Å². The Kier molecular flexibility index (Phi) is 3.72. The van der Waals surface area contributed by atoms with Crippen molar-refractivity contribution in [2.75, 3.05) is 12.3 Å². The first-order valence-electron chi connectivity index (χ1n) is 6.08. The van der Waals surface area contributed by atoms with E-state index in [0.29, 0.717) is 22.1 Å². The molecule has 0 atom stereocenters. The molecule has 5 nitrogen and oxygen atoms in total. The van der Waals surface area contributed by atoms with Crippen molar-refractivity contribution in [3.63, 3.8) is 0 Å². The fourth-order valence-electron chi connectivity index (χ4n) is 2.13. The summed E-state index contributed by atoms with van der Waals surface area (Å²) in [4.78, 5) is 0.0815. The van der Waals surface area contributed by atoms with Crippen LogP contribution in [0.5, 0.6) is 0 Å². The Morgan fingerprint density at radius 1 is 1.16 bits per heavy atom. The largest absolute Gasteiger partial charge is 0.256 e. The van der Waals surface area contributed by atoms with Gasteiger partial charge in [0.05, 0.1) is 10.6 Å². The van der Waals surface area contributed by atoms with Crippen molar-refractivity contribution in [3.05, 3.63) is 29.3 Å². The number of nitrogens with zero attached hydrogens (tertiary/aromatic N) is 1. The molecule has 0 spiro atoms. The van der Waals surface area contributed by atoms with Gasteiger partial charge in [-0.2, -0.15) is 0 Å². The van der Waals surface area contributed by atoms with E-state index in [0.717, 1.165) is 5.56 Å². The third-order valence-electron chi connectivity index (χ3n) is 3.19. The number of aryl methyl sites for hydroxylation is 2. The maximum absolute atomic E-state index is 12.5. The summed E-state index contributed by atoms with van der Waals surface area (Å²) in [6.45, 7) is 3.49. The highest BCUT2D eigenvalue weighted by atomic mass is 32.3. The first kappa shape index (κ1) is 14.5. The predicted molar refractivity (Wildman–Crippen MR) is 72.8 cm³/mol. The van der Waals surface area contributed by atoms with Gasteiger partial charge in [0.25, 0.3) is 10.0 Å². The average molecular weight is 303 g/mol. The molecule has 7 heteroatoms. The van der Waals surface area contributed by atoms with E-state index in [2.05, 4.69) is 0 Å². The number of sulfonamides is 2. The highest BCUT2D eigenvalue weighted by molar-refractivity contribution is 8.04. The Balaban J connectivity index is 2.56. The topological polar surface area (TPSA) is 71.5 Å². The second-order valence-corrected chi connectivity index (χ2v) is 8.87. The number of hydrogen-bond acceptors (Lipinski definition) is 4. The van der Waals surface area contributed by atoms with Gasteiger partial charge in [-0.15, -0.1) is 0 Å². The summed E-state index contributed by atoms with van der Waals surface area (Å²) < 4.78 is 49.6. The van der Waals surface area contributed by atoms with Gasteiger partial charge in [-0.05, 0) is 43.9 Å². The molecule has 1 aromatic carbocycles. The first-order chi connectivity index (χ1) is 8.75. The summed E-state index contributed by atoms with van der Waals surface area (Å²) in [5, 5.41) is 0. The van der Waals surface area contributed by atoms with Crippen molar-refractivity contribution >= 4 is 20.0 Å². The molecule has 0 N–H and O–H groups in total. The molecule has 19 heavy (non-hydrogen) atoms. The maximum atomic E-state index is 12.5. The van der Waals surface area contributed by atoms with E-state index in [1.807, 2.05) is 0 Å². The molecule has 0 radical (unpaired) electrons. The fraction of sp³-hybridized carbons (Fsp3) is 0.500. The zero-order valence-corrected chi connectivity index (χ0v) is 12.6. The van der Waals surface area contributed by atoms with Gasteiger partial charge >= 0.3 is 0 Å². The molecule has 0 aliphatic carbocycles. The van der Waals surface area contributed by atoms with Gasteiger partial charge in [0.2, 0.25) is 10.0 Å². The zero-order valence-electron chi connectivity index (χ0n) is 11.0. The molecule has 2 rings (SSSR count). The Morgan fingerprint density at radius 2 is 1.84 bits per heavy atom. The summed E-state index contributed by atoms with van der Waals surface area (Å²) in [6, 6.07) is 5.02. The lowest BCUT2D eigenvalue weighted by atomic mass is 10.2. The number of benzene rings is 1. The first-order valence-corrected chi connectivity index (χ1v) is 9.13. The SMILES string of the molecule is Cc1ccc(C)c(S(=O)(=O)N2CCCCS2(=O)=O)c1. The number of rotatable bonds is 2. The summed E-state index contributed by atoms with van der Waals surface area (Å²) in [6.07, 6.45) is 1.09. The average Bonchev–Trinajstić information content (AvgIpc) is 2.31. The summed E-state index contributed by atoms with van der Waals surface area (Å²) in [5.41, 5.74) is 1.35. The quantitative estimate of drug-likeness (QED) is 0.828. The van der Waals surface area contributed by atoms with Crippen LogP contribution in [0.15, 0.2) is 23.1 Å². The van der Waals surface area contributed by atoms with Gasteiger partial charge in [0.15, 0.2) is 0 Å². The van der Waals surface area contributed by atoms with Crippen LogP contribution in [-0.2, 0) is 20.0 Å². The molecule has 0 amide bonds. The summed E-state index contributed by atoms with van der Waals surface area (Å²) >= 11 is 0. The van der Waals surface area contributed by atoms with Crippen molar-refractivity contribution in [1.82, 2.24) is 3.71 Å². The van der Waals surface area contributed by atoms with Crippen molar-refractivity contribution in [3.8, 4) is 0 Å². The van der Waals surface area contributed by atoms with Gasteiger partial charge in [-0.25, -0.2) is 16.8 Å². The molecule has 1 aliphatic heterocycles. The second-order valence-electron chi connectivity index (χ2n) is 4.79. The molecule has 1 fully saturated rings. The Hall–Kier alpha value is -0.920. The lowest BCUT2D eigenvalue weighted by molar-refractivity contribution is 0.469. The molecule has 0 unspecified atom stereocenters. The molecular weight excluding hydrogens is 286 g/mol. The molecule has 1 aromatic rings. The van der Waals surface area contributed by atoms with Crippen LogP contribution in [-0.4, -0.2) is 32.8 Å². The van der Waals surface area contributed by atoms with Crippen LogP contribution in [0.1, 0.15) is 24.0 Å². The zero-order chi connectivity index (χ0) is 14.3. The van der Waals surface area contributed by atoms with E-state index >= 15 is 0 Å². The van der Waals surface area contributed by atoms with E-state index in [-0.39, 0.29) is 17.2 Å². The van der Waals surface area contributed by atoms with Crippen LogP contribution in [0.2, 0.25) is 0 Å².